The topological polar surface area (TPSA) is 52.3 Å². The molecule has 0 bridgehead atoms. The molecule has 0 aromatic heterocycles. The molecular weight excluding hydrogens is 238 g/mol. The summed E-state index contributed by atoms with van der Waals surface area (Å²) in [7, 11) is 1.48. The maximum Gasteiger partial charge on any atom is 0.306 e. The Balaban J connectivity index is 2.06. The lowest BCUT2D eigenvalue weighted by Gasteiger charge is -2.47. The Kier molecular flexibility index (Phi) is 4.54. The van der Waals surface area contributed by atoms with E-state index in [2.05, 4.69) is 6.92 Å². The molecule has 0 aromatic carbocycles. The van der Waals surface area contributed by atoms with Crippen LogP contribution in [0, 0.1) is 10.8 Å². The highest BCUT2D eigenvalue weighted by Gasteiger charge is 2.47. The molecule has 2 rings (SSSR count). The highest BCUT2D eigenvalue weighted by atomic mass is 16.5. The summed E-state index contributed by atoms with van der Waals surface area (Å²) < 4.78 is 4.90. The molecule has 1 unspecified atom stereocenters. The minimum Gasteiger partial charge on any atom is -0.469 e. The molecule has 2 saturated carbocycles. The second-order valence-electron chi connectivity index (χ2n) is 6.84. The molecule has 2 fully saturated rings. The van der Waals surface area contributed by atoms with Crippen LogP contribution in [-0.2, 0) is 9.53 Å². The quantitative estimate of drug-likeness (QED) is 0.794. The molecule has 3 heteroatoms. The number of methoxy groups -OCH3 is 1. The van der Waals surface area contributed by atoms with Crippen LogP contribution in [0.3, 0.4) is 0 Å². The monoisotopic (exact) mass is 267 g/mol. The van der Waals surface area contributed by atoms with Crippen LogP contribution in [0.2, 0.25) is 0 Å². The van der Waals surface area contributed by atoms with Crippen molar-refractivity contribution in [2.45, 2.75) is 77.2 Å². The Labute approximate surface area is 117 Å². The number of carbonyl (C=O) groups is 1. The molecule has 2 N–H and O–H groups in total. The fourth-order valence-electron chi connectivity index (χ4n) is 4.37. The number of carbonyl (C=O) groups excluding carboxylic acids is 1. The number of hydrogen-bond acceptors (Lipinski definition) is 3. The summed E-state index contributed by atoms with van der Waals surface area (Å²) >= 11 is 0. The number of ether oxygens (including phenoxy) is 1. The van der Waals surface area contributed by atoms with Gasteiger partial charge in [0.15, 0.2) is 0 Å². The van der Waals surface area contributed by atoms with Crippen molar-refractivity contribution in [3.8, 4) is 0 Å². The third-order valence-electron chi connectivity index (χ3n) is 5.92. The Morgan fingerprint density at radius 2 is 1.74 bits per heavy atom. The summed E-state index contributed by atoms with van der Waals surface area (Å²) in [6, 6.07) is 0.130. The predicted molar refractivity (Wildman–Crippen MR) is 76.7 cm³/mol. The van der Waals surface area contributed by atoms with Crippen molar-refractivity contribution in [3.05, 3.63) is 0 Å². The lowest BCUT2D eigenvalue weighted by molar-refractivity contribution is -0.145. The minimum absolute atomic E-state index is 0.00428. The molecule has 0 aromatic rings. The van der Waals surface area contributed by atoms with E-state index in [-0.39, 0.29) is 17.4 Å². The Hall–Kier alpha value is -0.570. The van der Waals surface area contributed by atoms with Crippen LogP contribution in [0.5, 0.6) is 0 Å². The second kappa shape index (κ2) is 5.82. The lowest BCUT2D eigenvalue weighted by atomic mass is 9.59. The molecule has 110 valence electrons. The molecular formula is C16H29NO2. The third-order valence-corrected chi connectivity index (χ3v) is 5.92. The Morgan fingerprint density at radius 1 is 1.16 bits per heavy atom. The van der Waals surface area contributed by atoms with Gasteiger partial charge in [0.1, 0.15) is 0 Å². The summed E-state index contributed by atoms with van der Waals surface area (Å²) in [5.74, 6) is -0.0914. The molecule has 2 aliphatic rings. The van der Waals surface area contributed by atoms with E-state index in [4.69, 9.17) is 10.5 Å². The van der Waals surface area contributed by atoms with Crippen LogP contribution >= 0.6 is 0 Å². The fourth-order valence-corrected chi connectivity index (χ4v) is 4.37. The van der Waals surface area contributed by atoms with Gasteiger partial charge in [-0.3, -0.25) is 4.79 Å². The van der Waals surface area contributed by atoms with Crippen molar-refractivity contribution in [1.82, 2.24) is 0 Å². The third kappa shape index (κ3) is 2.96. The minimum atomic E-state index is -0.0914. The van der Waals surface area contributed by atoms with Gasteiger partial charge in [0.2, 0.25) is 0 Å². The Morgan fingerprint density at radius 3 is 2.21 bits per heavy atom. The molecule has 0 saturated heterocycles. The van der Waals surface area contributed by atoms with Gasteiger partial charge in [-0.25, -0.2) is 0 Å². The van der Waals surface area contributed by atoms with E-state index < -0.39 is 0 Å². The highest BCUT2D eigenvalue weighted by Crippen LogP contribution is 2.55. The maximum atomic E-state index is 11.7. The van der Waals surface area contributed by atoms with Crippen molar-refractivity contribution in [1.29, 1.82) is 0 Å². The van der Waals surface area contributed by atoms with E-state index in [0.29, 0.717) is 11.8 Å². The van der Waals surface area contributed by atoms with Gasteiger partial charge < -0.3 is 10.5 Å². The Bertz CT molecular complexity index is 311. The number of esters is 1. The van der Waals surface area contributed by atoms with Gasteiger partial charge in [-0.15, -0.1) is 0 Å². The van der Waals surface area contributed by atoms with Crippen molar-refractivity contribution in [2.24, 2.45) is 16.6 Å². The molecule has 1 spiro atoms. The van der Waals surface area contributed by atoms with Crippen LogP contribution in [-0.4, -0.2) is 19.1 Å². The normalized spacial score (nSPS) is 26.3. The van der Waals surface area contributed by atoms with Crippen molar-refractivity contribution in [3.63, 3.8) is 0 Å². The zero-order valence-electron chi connectivity index (χ0n) is 12.5. The van der Waals surface area contributed by atoms with Crippen LogP contribution in [0.1, 0.15) is 71.1 Å². The summed E-state index contributed by atoms with van der Waals surface area (Å²) in [5.41, 5.74) is 6.95. The predicted octanol–water partition coefficient (Wildman–Crippen LogP) is 3.41. The first-order valence-corrected chi connectivity index (χ1v) is 7.88. The highest BCUT2D eigenvalue weighted by molar-refractivity contribution is 5.70. The van der Waals surface area contributed by atoms with E-state index in [0.717, 1.165) is 19.3 Å². The van der Waals surface area contributed by atoms with Gasteiger partial charge in [-0.2, -0.15) is 0 Å². The van der Waals surface area contributed by atoms with E-state index in [1.807, 2.05) is 0 Å². The molecule has 0 amide bonds. The number of hydrogen-bond donors (Lipinski definition) is 1. The fraction of sp³-hybridized carbons (Fsp3) is 0.938. The first kappa shape index (κ1) is 14.8. The number of nitrogens with two attached hydrogens (primary N) is 1. The van der Waals surface area contributed by atoms with Gasteiger partial charge >= 0.3 is 5.97 Å². The van der Waals surface area contributed by atoms with Crippen molar-refractivity contribution < 1.29 is 9.53 Å². The zero-order chi connectivity index (χ0) is 13.9. The number of rotatable bonds is 4. The molecule has 3 nitrogen and oxygen atoms in total. The molecule has 0 radical (unpaired) electrons. The summed E-state index contributed by atoms with van der Waals surface area (Å²) in [6.07, 6.45) is 11.8. The maximum absolute atomic E-state index is 11.7. The largest absolute Gasteiger partial charge is 0.469 e. The van der Waals surface area contributed by atoms with Crippen LogP contribution in [0.25, 0.3) is 0 Å². The molecule has 19 heavy (non-hydrogen) atoms. The second-order valence-corrected chi connectivity index (χ2v) is 6.84. The molecule has 0 heterocycles. The van der Waals surface area contributed by atoms with E-state index >= 15 is 0 Å². The van der Waals surface area contributed by atoms with Crippen LogP contribution in [0.15, 0.2) is 0 Å². The zero-order valence-corrected chi connectivity index (χ0v) is 12.5. The smallest absolute Gasteiger partial charge is 0.306 e. The molecule has 2 aliphatic carbocycles. The van der Waals surface area contributed by atoms with Gasteiger partial charge in [-0.1, -0.05) is 19.8 Å². The van der Waals surface area contributed by atoms with E-state index in [9.17, 15) is 4.79 Å². The standard InChI is InChI=1S/C16H29NO2/c1-3-13(17)16(12-14(18)19-2)10-8-15(9-11-16)6-4-5-7-15/h13H,3-12,17H2,1-2H3. The average Bonchev–Trinajstić information content (AvgIpc) is 2.89. The summed E-state index contributed by atoms with van der Waals surface area (Å²) in [4.78, 5) is 11.7. The van der Waals surface area contributed by atoms with Gasteiger partial charge in [0.05, 0.1) is 13.5 Å². The average molecular weight is 267 g/mol. The van der Waals surface area contributed by atoms with Crippen molar-refractivity contribution in [2.75, 3.05) is 7.11 Å². The molecule has 1 atom stereocenters. The van der Waals surface area contributed by atoms with Crippen LogP contribution < -0.4 is 5.73 Å². The van der Waals surface area contributed by atoms with E-state index in [1.165, 1.54) is 45.6 Å². The first-order chi connectivity index (χ1) is 9.06. The summed E-state index contributed by atoms with van der Waals surface area (Å²) in [5, 5.41) is 0. The molecule has 0 aliphatic heterocycles. The first-order valence-electron chi connectivity index (χ1n) is 7.88. The van der Waals surface area contributed by atoms with Gasteiger partial charge in [0.25, 0.3) is 0 Å². The van der Waals surface area contributed by atoms with Crippen molar-refractivity contribution >= 4 is 5.97 Å². The van der Waals surface area contributed by atoms with Gasteiger partial charge in [-0.05, 0) is 55.8 Å². The lowest BCUT2D eigenvalue weighted by Crippen LogP contribution is -2.47. The van der Waals surface area contributed by atoms with Gasteiger partial charge in [0, 0.05) is 6.04 Å². The van der Waals surface area contributed by atoms with Crippen LogP contribution in [0.4, 0.5) is 0 Å². The SMILES string of the molecule is CCC(N)C1(CC(=O)OC)CCC2(CCCC2)CC1. The van der Waals surface area contributed by atoms with E-state index in [1.54, 1.807) is 0 Å². The summed E-state index contributed by atoms with van der Waals surface area (Å²) in [6.45, 7) is 2.13.